The van der Waals surface area contributed by atoms with Crippen molar-refractivity contribution in [1.29, 1.82) is 0 Å². The normalized spacial score (nSPS) is 43.2. The molecule has 1 spiro atoms. The van der Waals surface area contributed by atoms with Gasteiger partial charge in [0, 0.05) is 5.41 Å². The van der Waals surface area contributed by atoms with Crippen LogP contribution in [0.1, 0.15) is 71.8 Å². The highest BCUT2D eigenvalue weighted by Crippen LogP contribution is 2.74. The van der Waals surface area contributed by atoms with E-state index in [0.717, 1.165) is 44.1 Å². The van der Waals surface area contributed by atoms with Gasteiger partial charge in [0.15, 0.2) is 0 Å². The zero-order chi connectivity index (χ0) is 25.8. The molecule has 1 N–H and O–H groups in total. The summed E-state index contributed by atoms with van der Waals surface area (Å²) >= 11 is 0. The average Bonchev–Trinajstić information content (AvgIpc) is 3.11. The van der Waals surface area contributed by atoms with Gasteiger partial charge in [-0.25, -0.2) is 0 Å². The van der Waals surface area contributed by atoms with E-state index >= 15 is 0 Å². The lowest BCUT2D eigenvalue weighted by Gasteiger charge is -2.68. The van der Waals surface area contributed by atoms with Crippen molar-refractivity contribution in [2.45, 2.75) is 73.1 Å². The number of allylic oxidation sites excluding steroid dienone is 2. The number of carboxylic acid groups (broad SMARTS) is 1. The highest BCUT2D eigenvalue weighted by Gasteiger charge is 2.73. The molecule has 7 rings (SSSR count). The Bertz CT molecular complexity index is 1180. The third kappa shape index (κ3) is 2.80. The minimum Gasteiger partial charge on any atom is -0.481 e. The van der Waals surface area contributed by atoms with E-state index in [0.29, 0.717) is 11.6 Å². The molecular formula is C31H39NO4. The molecule has 6 aliphatic rings. The Labute approximate surface area is 214 Å². The van der Waals surface area contributed by atoms with E-state index in [-0.39, 0.29) is 52.2 Å². The smallest absolute Gasteiger partial charge is 0.309 e. The largest absolute Gasteiger partial charge is 0.481 e. The fraction of sp³-hybridized carbons (Fsp3) is 0.645. The number of hydrogen-bond donors (Lipinski definition) is 1. The van der Waals surface area contributed by atoms with Crippen LogP contribution >= 0.6 is 0 Å². The molecule has 1 saturated heterocycles. The number of carboxylic acids is 1. The SMILES string of the molecule is Cc1ccc(N2C(=O)[C@@H]3[C@@H]4C[C@@H]5[C@]6(C)CCC[C@@](C)(C(=O)O)[C@@H]6CC[C@]5(C=C4C(C)C)[C@@H]3C2=O)cc1. The first-order valence-corrected chi connectivity index (χ1v) is 13.9. The summed E-state index contributed by atoms with van der Waals surface area (Å²) in [6.45, 7) is 10.7. The lowest BCUT2D eigenvalue weighted by Crippen LogP contribution is -2.65. The molecule has 5 heteroatoms. The van der Waals surface area contributed by atoms with Crippen LogP contribution < -0.4 is 4.90 Å². The number of amides is 2. The van der Waals surface area contributed by atoms with E-state index in [2.05, 4.69) is 26.8 Å². The van der Waals surface area contributed by atoms with Crippen LogP contribution in [0.4, 0.5) is 5.69 Å². The van der Waals surface area contributed by atoms with Gasteiger partial charge in [-0.1, -0.05) is 56.5 Å². The van der Waals surface area contributed by atoms with Crippen molar-refractivity contribution >= 4 is 23.5 Å². The van der Waals surface area contributed by atoms with E-state index in [1.54, 1.807) is 0 Å². The van der Waals surface area contributed by atoms with E-state index in [1.807, 2.05) is 38.1 Å². The summed E-state index contributed by atoms with van der Waals surface area (Å²) in [6, 6.07) is 7.72. The number of carbonyl (C=O) groups excluding carboxylic acids is 2. The van der Waals surface area contributed by atoms with Crippen LogP contribution in [0.2, 0.25) is 0 Å². The molecule has 3 saturated carbocycles. The van der Waals surface area contributed by atoms with Gasteiger partial charge in [0.1, 0.15) is 0 Å². The monoisotopic (exact) mass is 489 g/mol. The predicted octanol–water partition coefficient (Wildman–Crippen LogP) is 6.01. The Balaban J connectivity index is 1.49. The van der Waals surface area contributed by atoms with Crippen molar-refractivity contribution in [2.24, 2.45) is 51.8 Å². The summed E-state index contributed by atoms with van der Waals surface area (Å²) in [5.41, 5.74) is 1.89. The fourth-order valence-corrected chi connectivity index (χ4v) is 9.91. The number of anilines is 1. The molecule has 36 heavy (non-hydrogen) atoms. The van der Waals surface area contributed by atoms with Crippen molar-refractivity contribution in [3.8, 4) is 0 Å². The van der Waals surface area contributed by atoms with Crippen LogP contribution in [-0.4, -0.2) is 22.9 Å². The van der Waals surface area contributed by atoms with Crippen molar-refractivity contribution in [3.63, 3.8) is 0 Å². The van der Waals surface area contributed by atoms with Crippen molar-refractivity contribution < 1.29 is 19.5 Å². The summed E-state index contributed by atoms with van der Waals surface area (Å²) in [7, 11) is 0. The second kappa shape index (κ2) is 7.55. The molecular weight excluding hydrogens is 450 g/mol. The molecule has 1 aliphatic heterocycles. The minimum atomic E-state index is -0.723. The lowest BCUT2D eigenvalue weighted by atomic mass is 9.34. The van der Waals surface area contributed by atoms with Crippen molar-refractivity contribution in [2.75, 3.05) is 4.90 Å². The zero-order valence-electron chi connectivity index (χ0n) is 22.2. The minimum absolute atomic E-state index is 0.0331. The summed E-state index contributed by atoms with van der Waals surface area (Å²) in [6.07, 6.45) is 7.58. The molecule has 1 aromatic rings. The Morgan fingerprint density at radius 1 is 1.03 bits per heavy atom. The summed E-state index contributed by atoms with van der Waals surface area (Å²) in [5.74, 6) is -0.679. The van der Waals surface area contributed by atoms with Gasteiger partial charge in [0.2, 0.25) is 11.8 Å². The van der Waals surface area contributed by atoms with E-state index < -0.39 is 11.4 Å². The van der Waals surface area contributed by atoms with Gasteiger partial charge >= 0.3 is 5.97 Å². The van der Waals surface area contributed by atoms with Crippen molar-refractivity contribution in [3.05, 3.63) is 41.5 Å². The molecule has 2 amide bonds. The number of benzene rings is 1. The van der Waals surface area contributed by atoms with Crippen LogP contribution in [-0.2, 0) is 14.4 Å². The first-order chi connectivity index (χ1) is 17.0. The van der Waals surface area contributed by atoms with Gasteiger partial charge in [-0.15, -0.1) is 0 Å². The maximum atomic E-state index is 14.2. The van der Waals surface area contributed by atoms with E-state index in [4.69, 9.17) is 0 Å². The molecule has 1 aromatic carbocycles. The number of hydrogen-bond acceptors (Lipinski definition) is 3. The van der Waals surface area contributed by atoms with Gasteiger partial charge in [0.25, 0.3) is 0 Å². The first kappa shape index (κ1) is 23.9. The fourth-order valence-electron chi connectivity index (χ4n) is 9.91. The maximum absolute atomic E-state index is 14.2. The van der Waals surface area contributed by atoms with Gasteiger partial charge in [0.05, 0.1) is 22.9 Å². The van der Waals surface area contributed by atoms with Crippen molar-refractivity contribution in [1.82, 2.24) is 0 Å². The number of nitrogens with zero attached hydrogens (tertiary/aromatic N) is 1. The van der Waals surface area contributed by atoms with Gasteiger partial charge in [-0.05, 0) is 87.2 Å². The summed E-state index contributed by atoms with van der Waals surface area (Å²) in [5, 5.41) is 10.3. The molecule has 1 heterocycles. The Kier molecular flexibility index (Phi) is 5.02. The molecule has 0 aromatic heterocycles. The highest BCUT2D eigenvalue weighted by molar-refractivity contribution is 6.23. The maximum Gasteiger partial charge on any atom is 0.309 e. The molecule has 2 bridgehead atoms. The molecule has 5 aliphatic carbocycles. The number of imide groups is 1. The van der Waals surface area contributed by atoms with Crippen LogP contribution in [0.5, 0.6) is 0 Å². The molecule has 0 radical (unpaired) electrons. The number of carbonyl (C=O) groups is 3. The Morgan fingerprint density at radius 2 is 1.72 bits per heavy atom. The average molecular weight is 490 g/mol. The summed E-state index contributed by atoms with van der Waals surface area (Å²) < 4.78 is 0. The Hall–Kier alpha value is -2.43. The molecule has 192 valence electrons. The second-order valence-electron chi connectivity index (χ2n) is 13.3. The highest BCUT2D eigenvalue weighted by atomic mass is 16.4. The Morgan fingerprint density at radius 3 is 2.36 bits per heavy atom. The van der Waals surface area contributed by atoms with Gasteiger partial charge < -0.3 is 5.11 Å². The first-order valence-electron chi connectivity index (χ1n) is 13.9. The molecule has 0 unspecified atom stereocenters. The van der Waals surface area contributed by atoms with E-state index in [9.17, 15) is 19.5 Å². The molecule has 4 fully saturated rings. The summed E-state index contributed by atoms with van der Waals surface area (Å²) in [4.78, 5) is 42.3. The van der Waals surface area contributed by atoms with Crippen LogP contribution in [0.25, 0.3) is 0 Å². The lowest BCUT2D eigenvalue weighted by molar-refractivity contribution is -0.194. The topological polar surface area (TPSA) is 74.7 Å². The number of aryl methyl sites for hydroxylation is 1. The third-order valence-corrected chi connectivity index (χ3v) is 11.5. The molecule has 5 nitrogen and oxygen atoms in total. The van der Waals surface area contributed by atoms with E-state index in [1.165, 1.54) is 10.5 Å². The quantitative estimate of drug-likeness (QED) is 0.417. The molecule has 8 atom stereocenters. The van der Waals surface area contributed by atoms with Crippen LogP contribution in [0, 0.1) is 58.7 Å². The van der Waals surface area contributed by atoms with Crippen LogP contribution in [0.15, 0.2) is 35.9 Å². The van der Waals surface area contributed by atoms with Gasteiger partial charge in [-0.3, -0.25) is 19.3 Å². The standard InChI is InChI=1S/C31H39NO4/c1-17(2)21-16-31-14-11-22-29(4,12-6-13-30(22,5)28(35)36)23(31)15-20(21)24-25(31)27(34)32(26(24)33)19-9-7-18(3)8-10-19/h7-10,16-17,20,22-25H,6,11-15H2,1-5H3,(H,35,36)/t20-,22-,23-,24-,25+,29-,30-,31-/m1/s1. The zero-order valence-corrected chi connectivity index (χ0v) is 22.2. The number of fused-ring (bicyclic) bond motifs is 1. The predicted molar refractivity (Wildman–Crippen MR) is 138 cm³/mol. The van der Waals surface area contributed by atoms with Crippen LogP contribution in [0.3, 0.4) is 0 Å². The number of aliphatic carboxylic acids is 1. The van der Waals surface area contributed by atoms with Gasteiger partial charge in [-0.2, -0.15) is 0 Å². The second-order valence-corrected chi connectivity index (χ2v) is 13.3. The third-order valence-electron chi connectivity index (χ3n) is 11.5. The number of rotatable bonds is 3.